The van der Waals surface area contributed by atoms with E-state index >= 15 is 0 Å². The Labute approximate surface area is 137 Å². The van der Waals surface area contributed by atoms with Crippen molar-refractivity contribution in [1.82, 2.24) is 5.32 Å². The molecule has 1 aromatic rings. The second kappa shape index (κ2) is 7.12. The van der Waals surface area contributed by atoms with Gasteiger partial charge >= 0.3 is 0 Å². The molecule has 0 radical (unpaired) electrons. The molecule has 0 fully saturated rings. The first kappa shape index (κ1) is 16.8. The molecule has 1 N–H and O–H groups in total. The second-order valence-corrected chi connectivity index (χ2v) is 5.47. The SMILES string of the molecule is C#CCNCC(OCC#C)c1cc2c(cc1C#C)OC(C)(C)O2. The Kier molecular flexibility index (Phi) is 5.20. The molecule has 0 aromatic heterocycles. The fourth-order valence-electron chi connectivity index (χ4n) is 2.36. The van der Waals surface area contributed by atoms with Gasteiger partial charge in [0.25, 0.3) is 0 Å². The number of fused-ring (bicyclic) bond motifs is 1. The van der Waals surface area contributed by atoms with Crippen molar-refractivity contribution in [2.75, 3.05) is 19.7 Å². The van der Waals surface area contributed by atoms with Gasteiger partial charge in [-0.1, -0.05) is 17.8 Å². The molecular weight excluding hydrogens is 290 g/mol. The van der Waals surface area contributed by atoms with Crippen LogP contribution in [0, 0.1) is 37.0 Å². The van der Waals surface area contributed by atoms with Gasteiger partial charge in [-0.15, -0.1) is 19.3 Å². The molecule has 1 aromatic carbocycles. The third kappa shape index (κ3) is 3.99. The van der Waals surface area contributed by atoms with Gasteiger partial charge in [0.05, 0.1) is 12.6 Å². The summed E-state index contributed by atoms with van der Waals surface area (Å²) < 4.78 is 17.2. The highest BCUT2D eigenvalue weighted by Gasteiger charge is 2.33. The molecule has 0 bridgehead atoms. The van der Waals surface area contributed by atoms with Crippen LogP contribution in [-0.2, 0) is 4.74 Å². The molecule has 2 rings (SSSR count). The summed E-state index contributed by atoms with van der Waals surface area (Å²) in [7, 11) is 0. The average molecular weight is 309 g/mol. The number of hydrogen-bond donors (Lipinski definition) is 1. The third-order valence-corrected chi connectivity index (χ3v) is 3.25. The van der Waals surface area contributed by atoms with Crippen LogP contribution in [0.5, 0.6) is 11.5 Å². The third-order valence-electron chi connectivity index (χ3n) is 3.25. The van der Waals surface area contributed by atoms with Crippen LogP contribution in [0.2, 0.25) is 0 Å². The van der Waals surface area contributed by atoms with E-state index in [1.54, 1.807) is 6.07 Å². The molecule has 0 aliphatic carbocycles. The van der Waals surface area contributed by atoms with Gasteiger partial charge in [-0.2, -0.15) is 0 Å². The Balaban J connectivity index is 2.33. The van der Waals surface area contributed by atoms with E-state index in [0.29, 0.717) is 30.2 Å². The van der Waals surface area contributed by atoms with E-state index in [4.69, 9.17) is 33.5 Å². The van der Waals surface area contributed by atoms with Crippen molar-refractivity contribution in [3.8, 4) is 48.5 Å². The van der Waals surface area contributed by atoms with Crippen molar-refractivity contribution in [3.63, 3.8) is 0 Å². The molecule has 1 unspecified atom stereocenters. The highest BCUT2D eigenvalue weighted by Crippen LogP contribution is 2.42. The zero-order chi connectivity index (χ0) is 16.9. The minimum Gasteiger partial charge on any atom is -0.449 e. The van der Waals surface area contributed by atoms with Gasteiger partial charge in [-0.05, 0) is 6.07 Å². The first-order valence-corrected chi connectivity index (χ1v) is 7.22. The molecule has 0 amide bonds. The number of terminal acetylenes is 3. The monoisotopic (exact) mass is 309 g/mol. The maximum atomic E-state index is 5.78. The van der Waals surface area contributed by atoms with E-state index in [0.717, 1.165) is 5.56 Å². The Morgan fingerprint density at radius 3 is 2.48 bits per heavy atom. The van der Waals surface area contributed by atoms with Gasteiger partial charge in [0.15, 0.2) is 11.5 Å². The van der Waals surface area contributed by atoms with Crippen LogP contribution in [-0.4, -0.2) is 25.5 Å². The summed E-state index contributed by atoms with van der Waals surface area (Å²) in [6.07, 6.45) is 15.9. The van der Waals surface area contributed by atoms with Gasteiger partial charge in [0.1, 0.15) is 6.61 Å². The standard InChI is InChI=1S/C19H19NO3/c1-6-9-20-13-18(21-10-7-2)15-12-17-16(11-14(15)8-3)22-19(4,5)23-17/h1-3,11-12,18,20H,9-10,13H2,4-5H3. The number of benzene rings is 1. The van der Waals surface area contributed by atoms with Crippen LogP contribution in [0.4, 0.5) is 0 Å². The lowest BCUT2D eigenvalue weighted by Crippen LogP contribution is -2.29. The lowest BCUT2D eigenvalue weighted by molar-refractivity contribution is -0.0432. The Hall–Kier alpha value is -2.58. The molecule has 1 atom stereocenters. The highest BCUT2D eigenvalue weighted by atomic mass is 16.7. The van der Waals surface area contributed by atoms with Crippen LogP contribution in [0.25, 0.3) is 0 Å². The lowest BCUT2D eigenvalue weighted by Gasteiger charge is -2.19. The van der Waals surface area contributed by atoms with Gasteiger partial charge in [0.2, 0.25) is 5.79 Å². The summed E-state index contributed by atoms with van der Waals surface area (Å²) >= 11 is 0. The van der Waals surface area contributed by atoms with Crippen LogP contribution in [0.15, 0.2) is 12.1 Å². The average Bonchev–Trinajstić information content (AvgIpc) is 2.82. The van der Waals surface area contributed by atoms with Crippen molar-refractivity contribution in [2.24, 2.45) is 0 Å². The van der Waals surface area contributed by atoms with Gasteiger partial charge < -0.3 is 19.5 Å². The predicted octanol–water partition coefficient (Wildman–Crippen LogP) is 2.09. The topological polar surface area (TPSA) is 39.7 Å². The molecule has 0 saturated heterocycles. The number of rotatable bonds is 6. The molecule has 0 spiro atoms. The number of nitrogens with one attached hydrogen (secondary N) is 1. The molecule has 0 saturated carbocycles. The molecular formula is C19H19NO3. The van der Waals surface area contributed by atoms with Gasteiger partial charge in [-0.3, -0.25) is 0 Å². The summed E-state index contributed by atoms with van der Waals surface area (Å²) in [6.45, 7) is 4.76. The summed E-state index contributed by atoms with van der Waals surface area (Å²) in [5, 5.41) is 3.11. The van der Waals surface area contributed by atoms with Gasteiger partial charge in [-0.25, -0.2) is 0 Å². The van der Waals surface area contributed by atoms with E-state index in [1.165, 1.54) is 0 Å². The largest absolute Gasteiger partial charge is 0.449 e. The molecule has 1 aliphatic heterocycles. The normalized spacial score (nSPS) is 15.3. The first-order valence-electron chi connectivity index (χ1n) is 7.22. The van der Waals surface area contributed by atoms with Crippen LogP contribution >= 0.6 is 0 Å². The summed E-state index contributed by atoms with van der Waals surface area (Å²) in [5.74, 6) is 8.19. The molecule has 1 aliphatic rings. The molecule has 4 heteroatoms. The van der Waals surface area contributed by atoms with E-state index in [2.05, 4.69) is 23.1 Å². The fourth-order valence-corrected chi connectivity index (χ4v) is 2.36. The number of hydrogen-bond acceptors (Lipinski definition) is 4. The minimum atomic E-state index is -0.719. The highest BCUT2D eigenvalue weighted by molar-refractivity contribution is 5.55. The Morgan fingerprint density at radius 2 is 1.87 bits per heavy atom. The Bertz CT molecular complexity index is 701. The molecule has 4 nitrogen and oxygen atoms in total. The van der Waals surface area contributed by atoms with E-state index < -0.39 is 5.79 Å². The summed E-state index contributed by atoms with van der Waals surface area (Å²) in [6, 6.07) is 3.63. The van der Waals surface area contributed by atoms with E-state index in [1.807, 2.05) is 19.9 Å². The smallest absolute Gasteiger partial charge is 0.246 e. The summed E-state index contributed by atoms with van der Waals surface area (Å²) in [5.41, 5.74) is 1.49. The second-order valence-electron chi connectivity index (χ2n) is 5.47. The Morgan fingerprint density at radius 1 is 1.17 bits per heavy atom. The van der Waals surface area contributed by atoms with Crippen LogP contribution in [0.3, 0.4) is 0 Å². The van der Waals surface area contributed by atoms with Gasteiger partial charge in [0, 0.05) is 37.6 Å². The van der Waals surface area contributed by atoms with E-state index in [9.17, 15) is 0 Å². The quantitative estimate of drug-likeness (QED) is 0.645. The fraction of sp³-hybridized carbons (Fsp3) is 0.368. The lowest BCUT2D eigenvalue weighted by atomic mass is 10.0. The summed E-state index contributed by atoms with van der Waals surface area (Å²) in [4.78, 5) is 0. The maximum Gasteiger partial charge on any atom is 0.246 e. The van der Waals surface area contributed by atoms with Crippen molar-refractivity contribution < 1.29 is 14.2 Å². The van der Waals surface area contributed by atoms with Crippen molar-refractivity contribution in [1.29, 1.82) is 0 Å². The van der Waals surface area contributed by atoms with Crippen molar-refractivity contribution in [3.05, 3.63) is 23.3 Å². The minimum absolute atomic E-state index is 0.173. The maximum absolute atomic E-state index is 5.78. The first-order chi connectivity index (χ1) is 11.0. The van der Waals surface area contributed by atoms with Crippen molar-refractivity contribution >= 4 is 0 Å². The zero-order valence-electron chi connectivity index (χ0n) is 13.3. The molecule has 118 valence electrons. The predicted molar refractivity (Wildman–Crippen MR) is 88.9 cm³/mol. The number of ether oxygens (including phenoxy) is 3. The van der Waals surface area contributed by atoms with Crippen LogP contribution < -0.4 is 14.8 Å². The zero-order valence-corrected chi connectivity index (χ0v) is 13.3. The molecule has 23 heavy (non-hydrogen) atoms. The van der Waals surface area contributed by atoms with Crippen molar-refractivity contribution in [2.45, 2.75) is 25.7 Å². The van der Waals surface area contributed by atoms with E-state index in [-0.39, 0.29) is 12.7 Å². The molecule has 1 heterocycles. The van der Waals surface area contributed by atoms with Crippen LogP contribution in [0.1, 0.15) is 31.1 Å².